The SMILES string of the molecule is NCCCCCC1(C(=O)O)CCCCCCP1(=O)O.O=C(O)C(F)(F)F. The van der Waals surface area contributed by atoms with Gasteiger partial charge in [0.1, 0.15) is 5.16 Å². The molecule has 1 aliphatic rings. The lowest BCUT2D eigenvalue weighted by atomic mass is 9.93. The van der Waals surface area contributed by atoms with Crippen LogP contribution in [0.1, 0.15) is 57.8 Å². The number of hydrogen-bond acceptors (Lipinski definition) is 4. The van der Waals surface area contributed by atoms with Gasteiger partial charge in [-0.05, 0) is 32.2 Å². The van der Waals surface area contributed by atoms with Crippen molar-refractivity contribution >= 4 is 19.3 Å². The quantitative estimate of drug-likeness (QED) is 0.393. The molecule has 5 N–H and O–H groups in total. The summed E-state index contributed by atoms with van der Waals surface area (Å²) >= 11 is 0. The number of halogens is 3. The second-order valence-corrected chi connectivity index (χ2v) is 9.03. The normalized spacial score (nSPS) is 26.8. The monoisotopic (exact) mass is 405 g/mol. The summed E-state index contributed by atoms with van der Waals surface area (Å²) in [5.41, 5.74) is 5.42. The zero-order valence-corrected chi connectivity index (χ0v) is 15.4. The van der Waals surface area contributed by atoms with Crippen LogP contribution in [0.25, 0.3) is 0 Å². The first kappa shape index (κ1) is 24.9. The fraction of sp³-hybridized carbons (Fsp3) is 0.867. The molecule has 0 aromatic carbocycles. The first-order valence-electron chi connectivity index (χ1n) is 8.46. The maximum Gasteiger partial charge on any atom is 0.490 e. The van der Waals surface area contributed by atoms with E-state index in [0.717, 1.165) is 32.1 Å². The number of nitrogens with two attached hydrogens (primary N) is 1. The molecule has 0 aromatic rings. The van der Waals surface area contributed by atoms with Gasteiger partial charge < -0.3 is 20.8 Å². The summed E-state index contributed by atoms with van der Waals surface area (Å²) in [5, 5.41) is 15.3. The lowest BCUT2D eigenvalue weighted by Gasteiger charge is -2.35. The summed E-state index contributed by atoms with van der Waals surface area (Å²) < 4.78 is 44.3. The van der Waals surface area contributed by atoms with Gasteiger partial charge in [0.25, 0.3) is 0 Å². The zero-order chi connectivity index (χ0) is 20.4. The van der Waals surface area contributed by atoms with Crippen LogP contribution in [0.5, 0.6) is 0 Å². The van der Waals surface area contributed by atoms with Gasteiger partial charge in [0, 0.05) is 6.16 Å². The van der Waals surface area contributed by atoms with Gasteiger partial charge in [-0.2, -0.15) is 13.2 Å². The van der Waals surface area contributed by atoms with Crippen LogP contribution in [-0.2, 0) is 14.2 Å². The van der Waals surface area contributed by atoms with Crippen molar-refractivity contribution in [2.24, 2.45) is 5.73 Å². The summed E-state index contributed by atoms with van der Waals surface area (Å²) in [6.07, 6.45) is 1.29. The number of unbranched alkanes of at least 4 members (excludes halogenated alkanes) is 2. The highest BCUT2D eigenvalue weighted by Gasteiger charge is 2.52. The van der Waals surface area contributed by atoms with E-state index in [4.69, 9.17) is 15.6 Å². The minimum absolute atomic E-state index is 0.149. The highest BCUT2D eigenvalue weighted by Crippen LogP contribution is 2.60. The third-order valence-electron chi connectivity index (χ3n) is 4.41. The summed E-state index contributed by atoms with van der Waals surface area (Å²) in [6, 6.07) is 0. The van der Waals surface area contributed by atoms with Crippen LogP contribution in [0.2, 0.25) is 0 Å². The Balaban J connectivity index is 0.000000758. The molecule has 2 atom stereocenters. The van der Waals surface area contributed by atoms with E-state index in [1.807, 2.05) is 0 Å². The Bertz CT molecular complexity index is 514. The van der Waals surface area contributed by atoms with Crippen LogP contribution in [0.3, 0.4) is 0 Å². The van der Waals surface area contributed by atoms with Gasteiger partial charge in [-0.25, -0.2) is 4.79 Å². The van der Waals surface area contributed by atoms with Gasteiger partial charge >= 0.3 is 18.1 Å². The standard InChI is InChI=1S/C13H26NO4P.C2HF3O2/c14-10-6-3-5-9-13(12(15)16)8-4-1-2-7-11-19(13,17)18;3-2(4,5)1(6)7/h1-11,14H2,(H,15,16)(H,17,18);(H,6,7). The van der Waals surface area contributed by atoms with Gasteiger partial charge in [-0.15, -0.1) is 0 Å². The van der Waals surface area contributed by atoms with E-state index in [-0.39, 0.29) is 6.16 Å². The number of carboxylic acid groups (broad SMARTS) is 2. The van der Waals surface area contributed by atoms with E-state index in [1.54, 1.807) is 0 Å². The Morgan fingerprint density at radius 2 is 1.58 bits per heavy atom. The minimum Gasteiger partial charge on any atom is -0.480 e. The fourth-order valence-electron chi connectivity index (χ4n) is 2.89. The molecule has 1 fully saturated rings. The van der Waals surface area contributed by atoms with Crippen LogP contribution < -0.4 is 5.73 Å². The zero-order valence-electron chi connectivity index (χ0n) is 14.5. The smallest absolute Gasteiger partial charge is 0.480 e. The van der Waals surface area contributed by atoms with Crippen molar-refractivity contribution < 1.29 is 42.4 Å². The molecular formula is C15H27F3NO6P. The van der Waals surface area contributed by atoms with Crippen molar-refractivity contribution in [2.45, 2.75) is 69.1 Å². The van der Waals surface area contributed by atoms with Crippen LogP contribution in [-0.4, -0.2) is 51.1 Å². The number of carbonyl (C=O) groups is 2. The first-order valence-corrected chi connectivity index (χ1v) is 10.3. The second kappa shape index (κ2) is 10.9. The lowest BCUT2D eigenvalue weighted by Crippen LogP contribution is -2.40. The van der Waals surface area contributed by atoms with E-state index in [1.165, 1.54) is 0 Å². The van der Waals surface area contributed by atoms with Crippen molar-refractivity contribution in [1.82, 2.24) is 0 Å². The van der Waals surface area contributed by atoms with Gasteiger partial charge in [0.05, 0.1) is 0 Å². The molecule has 11 heteroatoms. The molecule has 1 aliphatic heterocycles. The predicted octanol–water partition coefficient (Wildman–Crippen LogP) is 3.20. The fourth-order valence-corrected chi connectivity index (χ4v) is 5.28. The Morgan fingerprint density at radius 1 is 1.04 bits per heavy atom. The number of alkyl halides is 3. The molecule has 0 spiro atoms. The highest BCUT2D eigenvalue weighted by molar-refractivity contribution is 7.60. The number of rotatable bonds is 6. The average molecular weight is 405 g/mol. The third kappa shape index (κ3) is 7.63. The van der Waals surface area contributed by atoms with Crippen LogP contribution in [0.4, 0.5) is 13.2 Å². The molecule has 1 rings (SSSR count). The molecule has 1 heterocycles. The largest absolute Gasteiger partial charge is 0.490 e. The topological polar surface area (TPSA) is 138 Å². The molecule has 154 valence electrons. The van der Waals surface area contributed by atoms with Gasteiger partial charge in [0.2, 0.25) is 7.37 Å². The molecule has 1 saturated heterocycles. The predicted molar refractivity (Wildman–Crippen MR) is 89.4 cm³/mol. The van der Waals surface area contributed by atoms with Crippen molar-refractivity contribution in [2.75, 3.05) is 12.7 Å². The lowest BCUT2D eigenvalue weighted by molar-refractivity contribution is -0.192. The molecule has 0 saturated carbocycles. The first-order chi connectivity index (χ1) is 11.9. The summed E-state index contributed by atoms with van der Waals surface area (Å²) in [5.74, 6) is -3.85. The molecule has 7 nitrogen and oxygen atoms in total. The van der Waals surface area contributed by atoms with Crippen LogP contribution in [0, 0.1) is 0 Å². The minimum atomic E-state index is -5.08. The van der Waals surface area contributed by atoms with E-state index >= 15 is 0 Å². The van der Waals surface area contributed by atoms with E-state index in [0.29, 0.717) is 32.2 Å². The number of carboxylic acids is 2. The molecule has 0 bridgehead atoms. The highest BCUT2D eigenvalue weighted by atomic mass is 31.2. The van der Waals surface area contributed by atoms with Crippen LogP contribution >= 0.6 is 7.37 Å². The number of hydrogen-bond donors (Lipinski definition) is 4. The Kier molecular flexibility index (Phi) is 10.4. The molecule has 26 heavy (non-hydrogen) atoms. The Hall–Kier alpha value is -1.12. The van der Waals surface area contributed by atoms with Gasteiger partial charge in [0.15, 0.2) is 0 Å². The third-order valence-corrected chi connectivity index (χ3v) is 7.30. The van der Waals surface area contributed by atoms with Gasteiger partial charge in [-0.1, -0.05) is 32.1 Å². The van der Waals surface area contributed by atoms with E-state index in [2.05, 4.69) is 0 Å². The van der Waals surface area contributed by atoms with Gasteiger partial charge in [-0.3, -0.25) is 9.36 Å². The summed E-state index contributed by atoms with van der Waals surface area (Å²) in [4.78, 5) is 30.8. The maximum absolute atomic E-state index is 12.5. The second-order valence-electron chi connectivity index (χ2n) is 6.33. The van der Waals surface area contributed by atoms with Crippen LogP contribution in [0.15, 0.2) is 0 Å². The molecule has 0 aromatic heterocycles. The molecule has 0 radical (unpaired) electrons. The summed E-state index contributed by atoms with van der Waals surface area (Å²) in [7, 11) is -3.63. The maximum atomic E-state index is 12.5. The molecule has 0 amide bonds. The molecular weight excluding hydrogens is 378 g/mol. The van der Waals surface area contributed by atoms with Crippen molar-refractivity contribution in [3.63, 3.8) is 0 Å². The average Bonchev–Trinajstić information content (AvgIpc) is 2.50. The molecule has 2 unspecified atom stereocenters. The van der Waals surface area contributed by atoms with Crippen molar-refractivity contribution in [1.29, 1.82) is 0 Å². The van der Waals surface area contributed by atoms with Crippen molar-refractivity contribution in [3.05, 3.63) is 0 Å². The molecule has 0 aliphatic carbocycles. The summed E-state index contributed by atoms with van der Waals surface area (Å²) in [6.45, 7) is 0.580. The van der Waals surface area contributed by atoms with Crippen molar-refractivity contribution in [3.8, 4) is 0 Å². The Labute approximate surface area is 150 Å². The van der Waals surface area contributed by atoms with E-state index < -0.39 is 30.6 Å². The Morgan fingerprint density at radius 3 is 2.04 bits per heavy atom. The number of aliphatic carboxylic acids is 2. The van der Waals surface area contributed by atoms with E-state index in [9.17, 15) is 32.5 Å².